The minimum Gasteiger partial charge on any atom is -0.155 e. The van der Waals surface area contributed by atoms with E-state index in [2.05, 4.69) is 39.5 Å². The van der Waals surface area contributed by atoms with Crippen LogP contribution in [-0.2, 0) is 0 Å². The summed E-state index contributed by atoms with van der Waals surface area (Å²) in [6.07, 6.45) is 2.21. The maximum atomic E-state index is 5.84. The fourth-order valence-corrected chi connectivity index (χ4v) is 3.87. The highest BCUT2D eigenvalue weighted by Gasteiger charge is 2.21. The lowest BCUT2D eigenvalue weighted by atomic mass is 10.1. The Bertz CT molecular complexity index is 133. The second kappa shape index (κ2) is 9.01. The molecule has 2 atom stereocenters. The summed E-state index contributed by atoms with van der Waals surface area (Å²) in [4.78, 5) is 0. The molecule has 92 valence electrons. The van der Waals surface area contributed by atoms with Crippen LogP contribution in [0.1, 0.15) is 40.5 Å². The minimum atomic E-state index is 0.679. The van der Waals surface area contributed by atoms with E-state index in [1.54, 1.807) is 0 Å². The van der Waals surface area contributed by atoms with Gasteiger partial charge in [-0.15, -0.1) is 23.2 Å². The molecule has 15 heavy (non-hydrogen) atoms. The van der Waals surface area contributed by atoms with Crippen molar-refractivity contribution in [1.82, 2.24) is 0 Å². The quantitative estimate of drug-likeness (QED) is 0.558. The molecule has 0 bridgehead atoms. The Balaban J connectivity index is 4.19. The van der Waals surface area contributed by atoms with E-state index in [4.69, 9.17) is 23.2 Å². The smallest absolute Gasteiger partial charge is 0.0234 e. The molecular formula is C12H24Cl2S. The molecule has 0 rings (SSSR count). The lowest BCUT2D eigenvalue weighted by Gasteiger charge is -2.27. The monoisotopic (exact) mass is 270 g/mol. The van der Waals surface area contributed by atoms with Crippen LogP contribution in [0.2, 0.25) is 0 Å². The molecule has 0 aromatic rings. The molecule has 0 radical (unpaired) electrons. The SMILES string of the molecule is CC(C)C(CCCl)SC(CCCl)C(C)C. The van der Waals surface area contributed by atoms with Gasteiger partial charge in [-0.05, 0) is 24.7 Å². The summed E-state index contributed by atoms with van der Waals surface area (Å²) in [5, 5.41) is 1.36. The van der Waals surface area contributed by atoms with E-state index in [0.717, 1.165) is 24.6 Å². The van der Waals surface area contributed by atoms with Gasteiger partial charge in [0.2, 0.25) is 0 Å². The second-order valence-electron chi connectivity index (χ2n) is 4.66. The molecule has 0 aromatic heterocycles. The minimum absolute atomic E-state index is 0.679. The molecule has 0 aliphatic rings. The predicted molar refractivity (Wildman–Crippen MR) is 75.5 cm³/mol. The zero-order valence-corrected chi connectivity index (χ0v) is 12.6. The van der Waals surface area contributed by atoms with Crippen molar-refractivity contribution in [2.45, 2.75) is 51.0 Å². The molecule has 0 heterocycles. The highest BCUT2D eigenvalue weighted by molar-refractivity contribution is 8.00. The summed E-state index contributed by atoms with van der Waals surface area (Å²) in [6, 6.07) is 0. The van der Waals surface area contributed by atoms with Gasteiger partial charge in [0.05, 0.1) is 0 Å². The van der Waals surface area contributed by atoms with Gasteiger partial charge in [-0.3, -0.25) is 0 Å². The maximum Gasteiger partial charge on any atom is 0.0234 e. The summed E-state index contributed by atoms with van der Waals surface area (Å²) >= 11 is 13.8. The Morgan fingerprint density at radius 3 is 1.33 bits per heavy atom. The number of rotatable bonds is 8. The van der Waals surface area contributed by atoms with Crippen LogP contribution < -0.4 is 0 Å². The highest BCUT2D eigenvalue weighted by atomic mass is 35.5. The standard InChI is InChI=1S/C12H24Cl2S/c1-9(2)11(5-7-13)15-12(6-8-14)10(3)4/h9-12H,5-8H2,1-4H3. The molecule has 3 heteroatoms. The van der Waals surface area contributed by atoms with Crippen LogP contribution in [0, 0.1) is 11.8 Å². The summed E-state index contributed by atoms with van der Waals surface area (Å²) in [5.74, 6) is 2.93. The average Bonchev–Trinajstić information content (AvgIpc) is 2.15. The molecule has 2 unspecified atom stereocenters. The molecule has 0 aromatic carbocycles. The number of halogens is 2. The number of thioether (sulfide) groups is 1. The van der Waals surface area contributed by atoms with Gasteiger partial charge in [-0.25, -0.2) is 0 Å². The third kappa shape index (κ3) is 6.97. The Labute approximate surface area is 109 Å². The lowest BCUT2D eigenvalue weighted by Crippen LogP contribution is -2.21. The fourth-order valence-electron chi connectivity index (χ4n) is 1.56. The first kappa shape index (κ1) is 15.9. The largest absolute Gasteiger partial charge is 0.155 e. The molecule has 0 spiro atoms. The molecule has 0 fully saturated rings. The van der Waals surface area contributed by atoms with E-state index in [0.29, 0.717) is 22.3 Å². The van der Waals surface area contributed by atoms with Gasteiger partial charge in [-0.1, -0.05) is 27.7 Å². The Morgan fingerprint density at radius 2 is 1.13 bits per heavy atom. The van der Waals surface area contributed by atoms with E-state index in [9.17, 15) is 0 Å². The van der Waals surface area contributed by atoms with Crippen LogP contribution in [0.5, 0.6) is 0 Å². The van der Waals surface area contributed by atoms with Crippen LogP contribution in [-0.4, -0.2) is 22.3 Å². The predicted octanol–water partition coefficient (Wildman–Crippen LogP) is 5.03. The first-order valence-electron chi connectivity index (χ1n) is 5.80. The van der Waals surface area contributed by atoms with E-state index < -0.39 is 0 Å². The normalized spacial score (nSPS) is 16.0. The average molecular weight is 271 g/mol. The molecular weight excluding hydrogens is 247 g/mol. The molecule has 0 aliphatic carbocycles. The molecule has 0 amide bonds. The van der Waals surface area contributed by atoms with Gasteiger partial charge in [0.25, 0.3) is 0 Å². The second-order valence-corrected chi connectivity index (χ2v) is 6.90. The zero-order chi connectivity index (χ0) is 11.8. The molecule has 0 saturated heterocycles. The van der Waals surface area contributed by atoms with Crippen molar-refractivity contribution in [3.8, 4) is 0 Å². The van der Waals surface area contributed by atoms with Gasteiger partial charge < -0.3 is 0 Å². The van der Waals surface area contributed by atoms with E-state index in [1.807, 2.05) is 0 Å². The molecule has 0 nitrogen and oxygen atoms in total. The summed E-state index contributed by atoms with van der Waals surface area (Å²) in [7, 11) is 0. The zero-order valence-electron chi connectivity index (χ0n) is 10.3. The topological polar surface area (TPSA) is 0 Å². The van der Waals surface area contributed by atoms with E-state index in [1.165, 1.54) is 0 Å². The van der Waals surface area contributed by atoms with Crippen LogP contribution in [0.3, 0.4) is 0 Å². The number of alkyl halides is 2. The van der Waals surface area contributed by atoms with Gasteiger partial charge in [-0.2, -0.15) is 11.8 Å². The van der Waals surface area contributed by atoms with Gasteiger partial charge in [0.1, 0.15) is 0 Å². The third-order valence-corrected chi connectivity index (χ3v) is 5.32. The van der Waals surface area contributed by atoms with Crippen LogP contribution >= 0.6 is 35.0 Å². The Hall–Kier alpha value is 0.930. The first-order valence-corrected chi connectivity index (χ1v) is 7.81. The fraction of sp³-hybridized carbons (Fsp3) is 1.00. The van der Waals surface area contributed by atoms with Crippen LogP contribution in [0.15, 0.2) is 0 Å². The van der Waals surface area contributed by atoms with Crippen molar-refractivity contribution < 1.29 is 0 Å². The van der Waals surface area contributed by atoms with E-state index in [-0.39, 0.29) is 0 Å². The van der Waals surface area contributed by atoms with Crippen molar-refractivity contribution in [2.75, 3.05) is 11.8 Å². The first-order chi connectivity index (χ1) is 7.02. The van der Waals surface area contributed by atoms with E-state index >= 15 is 0 Å². The van der Waals surface area contributed by atoms with Gasteiger partial charge in [0, 0.05) is 22.3 Å². The molecule has 0 aliphatic heterocycles. The van der Waals surface area contributed by atoms with Crippen LogP contribution in [0.25, 0.3) is 0 Å². The Kier molecular flexibility index (Phi) is 9.57. The summed E-state index contributed by atoms with van der Waals surface area (Å²) < 4.78 is 0. The lowest BCUT2D eigenvalue weighted by molar-refractivity contribution is 0.563. The third-order valence-electron chi connectivity index (χ3n) is 2.62. The molecule has 0 N–H and O–H groups in total. The van der Waals surface area contributed by atoms with Gasteiger partial charge in [0.15, 0.2) is 0 Å². The van der Waals surface area contributed by atoms with Crippen molar-refractivity contribution in [3.63, 3.8) is 0 Å². The van der Waals surface area contributed by atoms with Crippen LogP contribution in [0.4, 0.5) is 0 Å². The van der Waals surface area contributed by atoms with Gasteiger partial charge >= 0.3 is 0 Å². The van der Waals surface area contributed by atoms with Crippen molar-refractivity contribution in [3.05, 3.63) is 0 Å². The number of hydrogen-bond acceptors (Lipinski definition) is 1. The highest BCUT2D eigenvalue weighted by Crippen LogP contribution is 2.32. The maximum absolute atomic E-state index is 5.84. The van der Waals surface area contributed by atoms with Crippen molar-refractivity contribution >= 4 is 35.0 Å². The van der Waals surface area contributed by atoms with Crippen molar-refractivity contribution in [1.29, 1.82) is 0 Å². The molecule has 0 saturated carbocycles. The summed E-state index contributed by atoms with van der Waals surface area (Å²) in [6.45, 7) is 9.12. The number of hydrogen-bond donors (Lipinski definition) is 0. The Morgan fingerprint density at radius 1 is 0.800 bits per heavy atom. The summed E-state index contributed by atoms with van der Waals surface area (Å²) in [5.41, 5.74) is 0. The van der Waals surface area contributed by atoms with Crippen molar-refractivity contribution in [2.24, 2.45) is 11.8 Å².